The Kier molecular flexibility index (Phi) is 3.52. The van der Waals surface area contributed by atoms with Crippen molar-refractivity contribution in [2.24, 2.45) is 0 Å². The minimum absolute atomic E-state index is 0.165. The first kappa shape index (κ1) is 12.0. The molecule has 92 valence electrons. The largest absolute Gasteiger partial charge is 0.480 e. The highest BCUT2D eigenvalue weighted by Gasteiger charge is 2.10. The average molecular weight is 243 g/mol. The molecule has 18 heavy (non-hydrogen) atoms. The van der Waals surface area contributed by atoms with Crippen LogP contribution in [0.2, 0.25) is 0 Å². The van der Waals surface area contributed by atoms with Gasteiger partial charge in [0.1, 0.15) is 5.69 Å². The summed E-state index contributed by atoms with van der Waals surface area (Å²) in [6.45, 7) is 1.45. The maximum Gasteiger partial charge on any atom is 0.235 e. The molecular formula is C13H13N3O2. The molecule has 0 fully saturated rings. The van der Waals surface area contributed by atoms with E-state index in [1.54, 1.807) is 6.07 Å². The van der Waals surface area contributed by atoms with Gasteiger partial charge in [-0.3, -0.25) is 4.79 Å². The number of methoxy groups -OCH3 is 1. The highest BCUT2D eigenvalue weighted by atomic mass is 16.5. The van der Waals surface area contributed by atoms with Gasteiger partial charge in [-0.1, -0.05) is 30.3 Å². The van der Waals surface area contributed by atoms with Crippen LogP contribution in [0.15, 0.2) is 36.4 Å². The first-order valence-corrected chi connectivity index (χ1v) is 5.45. The summed E-state index contributed by atoms with van der Waals surface area (Å²) in [6, 6.07) is 11.2. The molecule has 1 aromatic carbocycles. The predicted octanol–water partition coefficient (Wildman–Crippen LogP) is 2.11. The number of nitrogens with one attached hydrogen (secondary N) is 1. The van der Waals surface area contributed by atoms with Gasteiger partial charge >= 0.3 is 0 Å². The molecule has 5 heteroatoms. The number of hydrogen-bond donors (Lipinski definition) is 1. The molecule has 0 bridgehead atoms. The van der Waals surface area contributed by atoms with Gasteiger partial charge in [0.2, 0.25) is 11.8 Å². The Labute approximate surface area is 105 Å². The van der Waals surface area contributed by atoms with Crippen LogP contribution in [-0.4, -0.2) is 23.2 Å². The number of ether oxygens (including phenoxy) is 1. The van der Waals surface area contributed by atoms with Crippen LogP contribution in [0.4, 0.5) is 5.69 Å². The minimum Gasteiger partial charge on any atom is -0.480 e. The quantitative estimate of drug-likeness (QED) is 0.896. The number of carbonyl (C=O) groups excluding carboxylic acids is 1. The van der Waals surface area contributed by atoms with E-state index in [2.05, 4.69) is 15.5 Å². The van der Waals surface area contributed by atoms with E-state index in [0.717, 1.165) is 5.56 Å². The number of rotatable bonds is 3. The SMILES string of the molecule is COc1cc(NC(C)=O)c(-c2ccccc2)nn1. The van der Waals surface area contributed by atoms with Gasteiger partial charge in [0.15, 0.2) is 0 Å². The van der Waals surface area contributed by atoms with Crippen LogP contribution in [-0.2, 0) is 4.79 Å². The second-order valence-corrected chi connectivity index (χ2v) is 3.70. The first-order valence-electron chi connectivity index (χ1n) is 5.45. The van der Waals surface area contributed by atoms with E-state index < -0.39 is 0 Å². The molecule has 0 atom stereocenters. The zero-order valence-electron chi connectivity index (χ0n) is 10.2. The number of aromatic nitrogens is 2. The fourth-order valence-corrected chi connectivity index (χ4v) is 1.57. The molecule has 1 heterocycles. The van der Waals surface area contributed by atoms with Crippen molar-refractivity contribution >= 4 is 11.6 Å². The van der Waals surface area contributed by atoms with Crippen LogP contribution >= 0.6 is 0 Å². The molecule has 0 aliphatic rings. The molecule has 1 amide bonds. The number of amides is 1. The molecule has 2 aromatic rings. The summed E-state index contributed by atoms with van der Waals surface area (Å²) in [6.07, 6.45) is 0. The third-order valence-electron chi connectivity index (χ3n) is 2.34. The standard InChI is InChI=1S/C13H13N3O2/c1-9(17)14-11-8-12(18-2)15-16-13(11)10-6-4-3-5-7-10/h3-8H,1-2H3,(H,14,15,17). The summed E-state index contributed by atoms with van der Waals surface area (Å²) in [5.74, 6) is 0.195. The summed E-state index contributed by atoms with van der Waals surface area (Å²) >= 11 is 0. The maximum atomic E-state index is 11.2. The molecule has 0 saturated heterocycles. The Hall–Kier alpha value is -2.43. The van der Waals surface area contributed by atoms with Crippen molar-refractivity contribution in [2.75, 3.05) is 12.4 Å². The zero-order valence-corrected chi connectivity index (χ0v) is 10.2. The van der Waals surface area contributed by atoms with Crippen molar-refractivity contribution in [1.29, 1.82) is 0 Å². The molecule has 0 radical (unpaired) electrons. The average Bonchev–Trinajstić information content (AvgIpc) is 2.39. The number of anilines is 1. The van der Waals surface area contributed by atoms with Crippen molar-refractivity contribution in [1.82, 2.24) is 10.2 Å². The predicted molar refractivity (Wildman–Crippen MR) is 68.3 cm³/mol. The van der Waals surface area contributed by atoms with Gasteiger partial charge in [0.05, 0.1) is 12.8 Å². The molecule has 1 aromatic heterocycles. The Morgan fingerprint density at radius 2 is 1.94 bits per heavy atom. The molecule has 0 unspecified atom stereocenters. The van der Waals surface area contributed by atoms with Crippen LogP contribution in [0.1, 0.15) is 6.92 Å². The van der Waals surface area contributed by atoms with E-state index in [9.17, 15) is 4.79 Å². The van der Waals surface area contributed by atoms with Gasteiger partial charge in [0, 0.05) is 18.6 Å². The summed E-state index contributed by atoms with van der Waals surface area (Å²) in [5.41, 5.74) is 2.09. The molecule has 0 saturated carbocycles. The van der Waals surface area contributed by atoms with Crippen LogP contribution in [0.5, 0.6) is 5.88 Å². The molecule has 5 nitrogen and oxygen atoms in total. The maximum absolute atomic E-state index is 11.2. The Bertz CT molecular complexity index is 555. The lowest BCUT2D eigenvalue weighted by Crippen LogP contribution is -2.09. The van der Waals surface area contributed by atoms with Crippen molar-refractivity contribution in [3.63, 3.8) is 0 Å². The van der Waals surface area contributed by atoms with Gasteiger partial charge in [0.25, 0.3) is 0 Å². The van der Waals surface area contributed by atoms with Crippen molar-refractivity contribution in [2.45, 2.75) is 6.92 Å². The zero-order chi connectivity index (χ0) is 13.0. The van der Waals surface area contributed by atoms with Gasteiger partial charge in [-0.05, 0) is 0 Å². The van der Waals surface area contributed by atoms with E-state index in [1.807, 2.05) is 30.3 Å². The highest BCUT2D eigenvalue weighted by molar-refractivity contribution is 5.93. The minimum atomic E-state index is -0.165. The normalized spacial score (nSPS) is 9.89. The second kappa shape index (κ2) is 5.27. The fourth-order valence-electron chi connectivity index (χ4n) is 1.57. The second-order valence-electron chi connectivity index (χ2n) is 3.70. The summed E-state index contributed by atoms with van der Waals surface area (Å²) in [4.78, 5) is 11.2. The molecule has 0 aliphatic heterocycles. The molecular weight excluding hydrogens is 230 g/mol. The van der Waals surface area contributed by atoms with Gasteiger partial charge in [-0.15, -0.1) is 10.2 Å². The number of carbonyl (C=O) groups is 1. The summed E-state index contributed by atoms with van der Waals surface area (Å²) < 4.78 is 5.00. The Balaban J connectivity index is 2.49. The number of hydrogen-bond acceptors (Lipinski definition) is 4. The van der Waals surface area contributed by atoms with Gasteiger partial charge in [-0.2, -0.15) is 0 Å². The van der Waals surface area contributed by atoms with E-state index in [-0.39, 0.29) is 5.91 Å². The first-order chi connectivity index (χ1) is 8.70. The monoisotopic (exact) mass is 243 g/mol. The van der Waals surface area contributed by atoms with Crippen molar-refractivity contribution in [3.8, 4) is 17.1 Å². The highest BCUT2D eigenvalue weighted by Crippen LogP contribution is 2.27. The summed E-state index contributed by atoms with van der Waals surface area (Å²) in [7, 11) is 1.50. The van der Waals surface area contributed by atoms with Crippen LogP contribution in [0, 0.1) is 0 Å². The van der Waals surface area contributed by atoms with Crippen molar-refractivity contribution in [3.05, 3.63) is 36.4 Å². The lowest BCUT2D eigenvalue weighted by Gasteiger charge is -2.09. The lowest BCUT2D eigenvalue weighted by atomic mass is 10.1. The van der Waals surface area contributed by atoms with E-state index >= 15 is 0 Å². The third kappa shape index (κ3) is 2.63. The van der Waals surface area contributed by atoms with Crippen LogP contribution < -0.4 is 10.1 Å². The van der Waals surface area contributed by atoms with Crippen LogP contribution in [0.3, 0.4) is 0 Å². The van der Waals surface area contributed by atoms with Gasteiger partial charge in [-0.25, -0.2) is 0 Å². The van der Waals surface area contributed by atoms with E-state index in [1.165, 1.54) is 14.0 Å². The Morgan fingerprint density at radius 3 is 2.56 bits per heavy atom. The number of benzene rings is 1. The van der Waals surface area contributed by atoms with Crippen LogP contribution in [0.25, 0.3) is 11.3 Å². The summed E-state index contributed by atoms with van der Waals surface area (Å²) in [5, 5.41) is 10.7. The smallest absolute Gasteiger partial charge is 0.235 e. The molecule has 2 rings (SSSR count). The fraction of sp³-hybridized carbons (Fsp3) is 0.154. The van der Waals surface area contributed by atoms with E-state index in [4.69, 9.17) is 4.74 Å². The number of nitrogens with zero attached hydrogens (tertiary/aromatic N) is 2. The molecule has 0 spiro atoms. The molecule has 1 N–H and O–H groups in total. The topological polar surface area (TPSA) is 64.1 Å². The Morgan fingerprint density at radius 1 is 1.22 bits per heavy atom. The van der Waals surface area contributed by atoms with E-state index in [0.29, 0.717) is 17.3 Å². The van der Waals surface area contributed by atoms with Gasteiger partial charge < -0.3 is 10.1 Å². The molecule has 0 aliphatic carbocycles. The van der Waals surface area contributed by atoms with Crippen molar-refractivity contribution < 1.29 is 9.53 Å². The third-order valence-corrected chi connectivity index (χ3v) is 2.34. The lowest BCUT2D eigenvalue weighted by molar-refractivity contribution is -0.114.